The van der Waals surface area contributed by atoms with Gasteiger partial charge in [-0.1, -0.05) is 51.3 Å². The van der Waals surface area contributed by atoms with Gasteiger partial charge in [-0.2, -0.15) is 5.26 Å². The van der Waals surface area contributed by atoms with E-state index in [2.05, 4.69) is 26.6 Å². The third-order valence-corrected chi connectivity index (χ3v) is 5.85. The zero-order valence-electron chi connectivity index (χ0n) is 14.9. The van der Waals surface area contributed by atoms with Gasteiger partial charge >= 0.3 is 0 Å². The summed E-state index contributed by atoms with van der Waals surface area (Å²) < 4.78 is 0. The fourth-order valence-electron chi connectivity index (χ4n) is 2.78. The lowest BCUT2D eigenvalue weighted by Crippen LogP contribution is -2.51. The van der Waals surface area contributed by atoms with E-state index in [1.807, 2.05) is 20.8 Å². The fourth-order valence-corrected chi connectivity index (χ4v) is 3.52. The Hall–Kier alpha value is -1.55. The molecule has 24 heavy (non-hydrogen) atoms. The van der Waals surface area contributed by atoms with Crippen LogP contribution >= 0.6 is 11.8 Å². The lowest BCUT2D eigenvalue weighted by atomic mass is 9.90. The zero-order valence-corrected chi connectivity index (χ0v) is 15.7. The predicted octanol–water partition coefficient (Wildman–Crippen LogP) is 3.07. The number of thioether (sulfide) groups is 1. The average Bonchev–Trinajstić information content (AvgIpc) is 3.19. The topological polar surface area (TPSA) is 94.5 Å². The van der Waals surface area contributed by atoms with E-state index in [0.29, 0.717) is 11.1 Å². The molecule has 0 aromatic carbocycles. The Morgan fingerprint density at radius 3 is 2.71 bits per heavy atom. The van der Waals surface area contributed by atoms with Crippen molar-refractivity contribution in [3.05, 3.63) is 5.82 Å². The van der Waals surface area contributed by atoms with Crippen LogP contribution in [0.25, 0.3) is 0 Å². The molecule has 2 N–H and O–H groups in total. The van der Waals surface area contributed by atoms with Crippen LogP contribution in [-0.4, -0.2) is 31.9 Å². The second-order valence-electron chi connectivity index (χ2n) is 7.14. The zero-order chi connectivity index (χ0) is 17.7. The van der Waals surface area contributed by atoms with Crippen LogP contribution in [0.15, 0.2) is 5.16 Å². The molecule has 0 aliphatic heterocycles. The van der Waals surface area contributed by atoms with Crippen molar-refractivity contribution in [1.29, 1.82) is 5.26 Å². The molecule has 2 rings (SSSR count). The van der Waals surface area contributed by atoms with E-state index in [-0.39, 0.29) is 17.1 Å². The molecule has 0 saturated heterocycles. The van der Waals surface area contributed by atoms with Crippen LogP contribution in [0.1, 0.15) is 59.2 Å². The van der Waals surface area contributed by atoms with Crippen LogP contribution in [0.2, 0.25) is 0 Å². The minimum absolute atomic E-state index is 0.0326. The van der Waals surface area contributed by atoms with Crippen molar-refractivity contribution in [3.8, 4) is 6.07 Å². The Bertz CT molecular complexity index is 602. The molecule has 2 atom stereocenters. The number of aromatic amines is 1. The molecule has 0 spiro atoms. The molecule has 1 aliphatic carbocycles. The molecule has 1 fully saturated rings. The number of amides is 1. The smallest absolute Gasteiger partial charge is 0.234 e. The van der Waals surface area contributed by atoms with E-state index >= 15 is 0 Å². The number of nitrogens with one attached hydrogen (secondary N) is 2. The first kappa shape index (κ1) is 18.8. The number of nitrogens with zero attached hydrogens (tertiary/aromatic N) is 3. The molecule has 1 aromatic rings. The molecule has 7 heteroatoms. The summed E-state index contributed by atoms with van der Waals surface area (Å²) >= 11 is 1.32. The van der Waals surface area contributed by atoms with Gasteiger partial charge in [0, 0.05) is 6.42 Å². The van der Waals surface area contributed by atoms with Crippen LogP contribution in [-0.2, 0) is 11.2 Å². The SMILES string of the molecule is CC(Sc1n[nH]c(CC2CCCC2)n1)C(=O)NC(C)(C#N)C(C)C. The van der Waals surface area contributed by atoms with Crippen LogP contribution in [0.4, 0.5) is 0 Å². The first-order valence-electron chi connectivity index (χ1n) is 8.65. The van der Waals surface area contributed by atoms with Crippen LogP contribution < -0.4 is 5.32 Å². The third-order valence-electron chi connectivity index (χ3n) is 4.89. The molecule has 6 nitrogen and oxygen atoms in total. The quantitative estimate of drug-likeness (QED) is 0.738. The van der Waals surface area contributed by atoms with E-state index in [1.165, 1.54) is 37.4 Å². The van der Waals surface area contributed by atoms with Gasteiger partial charge in [-0.05, 0) is 25.7 Å². The molecule has 0 bridgehead atoms. The number of rotatable bonds is 7. The maximum Gasteiger partial charge on any atom is 0.234 e. The van der Waals surface area contributed by atoms with Crippen molar-refractivity contribution >= 4 is 17.7 Å². The van der Waals surface area contributed by atoms with Crippen molar-refractivity contribution in [2.75, 3.05) is 0 Å². The molecule has 0 radical (unpaired) electrons. The van der Waals surface area contributed by atoms with E-state index in [1.54, 1.807) is 6.92 Å². The van der Waals surface area contributed by atoms with E-state index in [9.17, 15) is 10.1 Å². The number of nitriles is 1. The first-order valence-corrected chi connectivity index (χ1v) is 9.53. The van der Waals surface area contributed by atoms with E-state index in [4.69, 9.17) is 0 Å². The molecule has 1 saturated carbocycles. The van der Waals surface area contributed by atoms with Crippen LogP contribution in [0.3, 0.4) is 0 Å². The van der Waals surface area contributed by atoms with E-state index in [0.717, 1.165) is 12.2 Å². The van der Waals surface area contributed by atoms with Crippen molar-refractivity contribution in [3.63, 3.8) is 0 Å². The Morgan fingerprint density at radius 2 is 2.12 bits per heavy atom. The standard InChI is InChI=1S/C17H27N5OS/c1-11(2)17(4,10-18)20-15(23)12(3)24-16-19-14(21-22-16)9-13-7-5-6-8-13/h11-13H,5-9H2,1-4H3,(H,20,23)(H,19,21,22). The lowest BCUT2D eigenvalue weighted by Gasteiger charge is -2.28. The summed E-state index contributed by atoms with van der Waals surface area (Å²) in [5, 5.41) is 19.6. The fraction of sp³-hybridized carbons (Fsp3) is 0.765. The lowest BCUT2D eigenvalue weighted by molar-refractivity contribution is -0.121. The highest BCUT2D eigenvalue weighted by atomic mass is 32.2. The van der Waals surface area contributed by atoms with Gasteiger partial charge in [0.05, 0.1) is 11.3 Å². The Morgan fingerprint density at radius 1 is 1.46 bits per heavy atom. The van der Waals surface area contributed by atoms with Gasteiger partial charge < -0.3 is 5.32 Å². The summed E-state index contributed by atoms with van der Waals surface area (Å²) in [6.45, 7) is 7.41. The summed E-state index contributed by atoms with van der Waals surface area (Å²) in [5.41, 5.74) is -0.863. The van der Waals surface area contributed by atoms with Gasteiger partial charge in [-0.15, -0.1) is 5.10 Å². The van der Waals surface area contributed by atoms with Crippen LogP contribution in [0, 0.1) is 23.2 Å². The molecular formula is C17H27N5OS. The van der Waals surface area contributed by atoms with Crippen molar-refractivity contribution in [2.24, 2.45) is 11.8 Å². The summed E-state index contributed by atoms with van der Waals surface area (Å²) in [7, 11) is 0. The average molecular weight is 350 g/mol. The normalized spacial score (nSPS) is 19.0. The van der Waals surface area contributed by atoms with Crippen molar-refractivity contribution in [2.45, 2.75) is 75.7 Å². The van der Waals surface area contributed by atoms with Gasteiger partial charge in [0.2, 0.25) is 11.1 Å². The predicted molar refractivity (Wildman–Crippen MR) is 94.4 cm³/mol. The summed E-state index contributed by atoms with van der Waals surface area (Å²) in [5.74, 6) is 1.48. The maximum absolute atomic E-state index is 12.4. The summed E-state index contributed by atoms with van der Waals surface area (Å²) in [6, 6.07) is 2.19. The molecule has 1 aliphatic rings. The molecule has 2 unspecified atom stereocenters. The monoisotopic (exact) mass is 349 g/mol. The molecular weight excluding hydrogens is 322 g/mol. The van der Waals surface area contributed by atoms with Gasteiger partial charge in [0.25, 0.3) is 0 Å². The number of hydrogen-bond acceptors (Lipinski definition) is 5. The molecule has 1 heterocycles. The highest BCUT2D eigenvalue weighted by Crippen LogP contribution is 2.28. The summed E-state index contributed by atoms with van der Waals surface area (Å²) in [4.78, 5) is 16.9. The summed E-state index contributed by atoms with van der Waals surface area (Å²) in [6.07, 6.45) is 6.10. The van der Waals surface area contributed by atoms with Gasteiger partial charge in [-0.25, -0.2) is 4.98 Å². The largest absolute Gasteiger partial charge is 0.337 e. The molecule has 1 aromatic heterocycles. The highest BCUT2D eigenvalue weighted by molar-refractivity contribution is 8.00. The Labute approximate surface area is 148 Å². The second kappa shape index (κ2) is 8.02. The maximum atomic E-state index is 12.4. The van der Waals surface area contributed by atoms with Crippen molar-refractivity contribution < 1.29 is 4.79 Å². The van der Waals surface area contributed by atoms with Gasteiger partial charge in [0.1, 0.15) is 11.4 Å². The highest BCUT2D eigenvalue weighted by Gasteiger charge is 2.32. The minimum Gasteiger partial charge on any atom is -0.337 e. The Kier molecular flexibility index (Phi) is 6.27. The number of carbonyl (C=O) groups excluding carboxylic acids is 1. The van der Waals surface area contributed by atoms with E-state index < -0.39 is 5.54 Å². The second-order valence-corrected chi connectivity index (χ2v) is 8.45. The number of aromatic nitrogens is 3. The Balaban J connectivity index is 1.89. The van der Waals surface area contributed by atoms with Gasteiger partial charge in [0.15, 0.2) is 0 Å². The third kappa shape index (κ3) is 4.73. The minimum atomic E-state index is -0.863. The number of carbonyl (C=O) groups is 1. The number of hydrogen-bond donors (Lipinski definition) is 2. The molecule has 132 valence electrons. The van der Waals surface area contributed by atoms with Crippen molar-refractivity contribution in [1.82, 2.24) is 20.5 Å². The molecule has 1 amide bonds. The van der Waals surface area contributed by atoms with Gasteiger partial charge in [-0.3, -0.25) is 9.89 Å². The number of H-pyrrole nitrogens is 1. The van der Waals surface area contributed by atoms with Crippen LogP contribution in [0.5, 0.6) is 0 Å². The first-order chi connectivity index (χ1) is 11.3.